The largest absolute Gasteiger partial charge is 0.464 e. The molecule has 0 radical (unpaired) electrons. The molecule has 1 aromatic carbocycles. The van der Waals surface area contributed by atoms with Gasteiger partial charge in [0.25, 0.3) is 0 Å². The van der Waals surface area contributed by atoms with Gasteiger partial charge in [-0.15, -0.1) is 0 Å². The van der Waals surface area contributed by atoms with Crippen LogP contribution in [0.4, 0.5) is 8.78 Å². The second kappa shape index (κ2) is 5.84. The van der Waals surface area contributed by atoms with Crippen LogP contribution in [-0.2, 0) is 22.6 Å². The Labute approximate surface area is 125 Å². The summed E-state index contributed by atoms with van der Waals surface area (Å²) in [4.78, 5) is 16.1. The summed E-state index contributed by atoms with van der Waals surface area (Å²) in [6, 6.07) is 3.54. The summed E-state index contributed by atoms with van der Waals surface area (Å²) < 4.78 is 38.6. The maximum absolute atomic E-state index is 13.5. The molecule has 116 valence electrons. The lowest BCUT2D eigenvalue weighted by atomic mass is 10.2. The molecule has 22 heavy (non-hydrogen) atoms. The highest BCUT2D eigenvalue weighted by atomic mass is 19.2. The Hall–Kier alpha value is -2.28. The molecule has 0 saturated heterocycles. The van der Waals surface area contributed by atoms with E-state index in [0.29, 0.717) is 30.2 Å². The first-order chi connectivity index (χ1) is 10.6. The van der Waals surface area contributed by atoms with E-state index in [1.54, 1.807) is 4.57 Å². The van der Waals surface area contributed by atoms with Crippen LogP contribution >= 0.6 is 0 Å². The van der Waals surface area contributed by atoms with E-state index in [9.17, 15) is 13.6 Å². The minimum Gasteiger partial charge on any atom is -0.464 e. The van der Waals surface area contributed by atoms with Gasteiger partial charge in [0.05, 0.1) is 19.4 Å². The summed E-state index contributed by atoms with van der Waals surface area (Å²) in [7, 11) is 1.27. The molecule has 1 aliphatic heterocycles. The molecule has 2 aromatic rings. The molecule has 0 amide bonds. The molecule has 1 aromatic heterocycles. The highest BCUT2D eigenvalue weighted by molar-refractivity contribution is 5.89. The van der Waals surface area contributed by atoms with Gasteiger partial charge in [0.1, 0.15) is 5.82 Å². The van der Waals surface area contributed by atoms with E-state index in [0.717, 1.165) is 18.6 Å². The minimum atomic E-state index is -0.959. The van der Waals surface area contributed by atoms with Crippen molar-refractivity contribution < 1.29 is 23.0 Å². The van der Waals surface area contributed by atoms with E-state index in [2.05, 4.69) is 4.98 Å². The number of nitrogens with zero attached hydrogens (tertiary/aromatic N) is 2. The predicted molar refractivity (Wildman–Crippen MR) is 73.2 cm³/mol. The number of benzene rings is 1. The molecule has 7 heteroatoms. The van der Waals surface area contributed by atoms with Gasteiger partial charge in [0, 0.05) is 18.7 Å². The Morgan fingerprint density at radius 1 is 1.36 bits per heavy atom. The van der Waals surface area contributed by atoms with Crippen molar-refractivity contribution in [3.8, 4) is 11.4 Å². The number of rotatable bonds is 2. The monoisotopic (exact) mass is 308 g/mol. The summed E-state index contributed by atoms with van der Waals surface area (Å²) in [6.07, 6.45) is 0.737. The summed E-state index contributed by atoms with van der Waals surface area (Å²) in [5.41, 5.74) is 1.13. The van der Waals surface area contributed by atoms with Crippen LogP contribution in [-0.4, -0.2) is 29.2 Å². The lowest BCUT2D eigenvalue weighted by molar-refractivity contribution is 0.0586. The van der Waals surface area contributed by atoms with Crippen LogP contribution in [0, 0.1) is 11.6 Å². The first-order valence-electron chi connectivity index (χ1n) is 6.82. The highest BCUT2D eigenvalue weighted by Gasteiger charge is 2.25. The van der Waals surface area contributed by atoms with Gasteiger partial charge in [-0.1, -0.05) is 0 Å². The van der Waals surface area contributed by atoms with Crippen LogP contribution in [0.1, 0.15) is 22.6 Å². The van der Waals surface area contributed by atoms with Gasteiger partial charge in [-0.25, -0.2) is 18.6 Å². The average molecular weight is 308 g/mol. The fourth-order valence-electron chi connectivity index (χ4n) is 2.48. The van der Waals surface area contributed by atoms with Crippen molar-refractivity contribution in [1.82, 2.24) is 9.55 Å². The number of aromatic nitrogens is 2. The summed E-state index contributed by atoms with van der Waals surface area (Å²) in [5.74, 6) is -2.06. The Morgan fingerprint density at radius 3 is 2.91 bits per heavy atom. The van der Waals surface area contributed by atoms with Gasteiger partial charge >= 0.3 is 5.97 Å². The van der Waals surface area contributed by atoms with Crippen LogP contribution < -0.4 is 0 Å². The fraction of sp³-hybridized carbons (Fsp3) is 0.333. The molecule has 0 N–H and O–H groups in total. The Balaban J connectivity index is 2.16. The van der Waals surface area contributed by atoms with E-state index in [4.69, 9.17) is 9.47 Å². The van der Waals surface area contributed by atoms with E-state index in [1.807, 2.05) is 0 Å². The molecule has 0 aliphatic carbocycles. The zero-order valence-corrected chi connectivity index (χ0v) is 11.9. The fourth-order valence-corrected chi connectivity index (χ4v) is 2.48. The quantitative estimate of drug-likeness (QED) is 0.800. The van der Waals surface area contributed by atoms with Crippen molar-refractivity contribution in [2.24, 2.45) is 0 Å². The van der Waals surface area contributed by atoms with Crippen molar-refractivity contribution >= 4 is 5.97 Å². The molecular formula is C15H14F2N2O3. The van der Waals surface area contributed by atoms with E-state index < -0.39 is 17.6 Å². The van der Waals surface area contributed by atoms with Gasteiger partial charge in [-0.2, -0.15) is 0 Å². The topological polar surface area (TPSA) is 53.3 Å². The van der Waals surface area contributed by atoms with Crippen LogP contribution in [0.2, 0.25) is 0 Å². The van der Waals surface area contributed by atoms with Gasteiger partial charge in [0.2, 0.25) is 0 Å². The molecule has 3 rings (SSSR count). The molecule has 0 atom stereocenters. The van der Waals surface area contributed by atoms with Crippen LogP contribution in [0.3, 0.4) is 0 Å². The van der Waals surface area contributed by atoms with Crippen molar-refractivity contribution in [1.29, 1.82) is 0 Å². The first-order valence-corrected chi connectivity index (χ1v) is 6.82. The zero-order valence-electron chi connectivity index (χ0n) is 11.9. The summed E-state index contributed by atoms with van der Waals surface area (Å²) in [5, 5.41) is 0. The standard InChI is InChI=1S/C15H14F2N2O3/c1-21-15(20)13-12-8-22-6-2-5-19(12)14(18-13)9-3-4-10(16)11(17)7-9/h3-4,7H,2,5-6,8H2,1H3. The Kier molecular flexibility index (Phi) is 3.89. The van der Waals surface area contributed by atoms with Crippen molar-refractivity contribution in [2.75, 3.05) is 13.7 Å². The number of fused-ring (bicyclic) bond motifs is 1. The maximum Gasteiger partial charge on any atom is 0.358 e. The van der Waals surface area contributed by atoms with Crippen LogP contribution in [0.25, 0.3) is 11.4 Å². The number of halogens is 2. The third-order valence-corrected chi connectivity index (χ3v) is 3.54. The smallest absolute Gasteiger partial charge is 0.358 e. The average Bonchev–Trinajstić information content (AvgIpc) is 2.71. The van der Waals surface area contributed by atoms with Gasteiger partial charge in [-0.05, 0) is 24.6 Å². The molecule has 0 unspecified atom stereocenters. The normalized spacial score (nSPS) is 14.3. The van der Waals surface area contributed by atoms with Crippen LogP contribution in [0.5, 0.6) is 0 Å². The Morgan fingerprint density at radius 2 is 2.18 bits per heavy atom. The molecule has 2 heterocycles. The van der Waals surface area contributed by atoms with E-state index >= 15 is 0 Å². The lowest BCUT2D eigenvalue weighted by Gasteiger charge is -2.08. The van der Waals surface area contributed by atoms with Crippen molar-refractivity contribution in [2.45, 2.75) is 19.6 Å². The summed E-state index contributed by atoms with van der Waals surface area (Å²) >= 11 is 0. The number of ether oxygens (including phenoxy) is 2. The third kappa shape index (κ3) is 2.48. The molecular weight excluding hydrogens is 294 g/mol. The van der Waals surface area contributed by atoms with Crippen LogP contribution in [0.15, 0.2) is 18.2 Å². The molecule has 0 saturated carbocycles. The molecule has 0 bridgehead atoms. The molecule has 0 fully saturated rings. The number of carbonyl (C=O) groups is 1. The number of methoxy groups -OCH3 is 1. The Bertz CT molecular complexity index is 728. The maximum atomic E-state index is 13.5. The number of hydrogen-bond acceptors (Lipinski definition) is 4. The molecule has 1 aliphatic rings. The van der Waals surface area contributed by atoms with Gasteiger partial charge in [-0.3, -0.25) is 0 Å². The third-order valence-electron chi connectivity index (χ3n) is 3.54. The van der Waals surface area contributed by atoms with Gasteiger partial charge < -0.3 is 14.0 Å². The lowest BCUT2D eigenvalue weighted by Crippen LogP contribution is -2.08. The first kappa shape index (κ1) is 14.6. The van der Waals surface area contributed by atoms with E-state index in [-0.39, 0.29) is 12.3 Å². The van der Waals surface area contributed by atoms with Gasteiger partial charge in [0.15, 0.2) is 17.3 Å². The number of imidazole rings is 1. The highest BCUT2D eigenvalue weighted by Crippen LogP contribution is 2.27. The second-order valence-corrected chi connectivity index (χ2v) is 4.91. The number of carbonyl (C=O) groups excluding carboxylic acids is 1. The van der Waals surface area contributed by atoms with Crippen molar-refractivity contribution in [3.05, 3.63) is 41.2 Å². The SMILES string of the molecule is COC(=O)c1nc(-c2ccc(F)c(F)c2)n2c1COCCC2. The minimum absolute atomic E-state index is 0.143. The number of esters is 1. The van der Waals surface area contributed by atoms with E-state index in [1.165, 1.54) is 13.2 Å². The second-order valence-electron chi connectivity index (χ2n) is 4.91. The zero-order chi connectivity index (χ0) is 15.7. The van der Waals surface area contributed by atoms with Crippen molar-refractivity contribution in [3.63, 3.8) is 0 Å². The predicted octanol–water partition coefficient (Wildman–Crippen LogP) is 2.54. The number of hydrogen-bond donors (Lipinski definition) is 0. The molecule has 5 nitrogen and oxygen atoms in total. The summed E-state index contributed by atoms with van der Waals surface area (Å²) in [6.45, 7) is 1.36. The molecule has 0 spiro atoms.